The lowest BCUT2D eigenvalue weighted by Gasteiger charge is -2.44. The number of anilines is 3. The molecule has 0 aromatic heterocycles. The van der Waals surface area contributed by atoms with Crippen molar-refractivity contribution in [3.05, 3.63) is 53.6 Å². The van der Waals surface area contributed by atoms with E-state index in [9.17, 15) is 4.79 Å². The third-order valence-corrected chi connectivity index (χ3v) is 8.83. The first kappa shape index (κ1) is 31.3. The normalized spacial score (nSPS) is 17.0. The van der Waals surface area contributed by atoms with E-state index in [0.29, 0.717) is 12.1 Å². The number of nitrogens with one attached hydrogen (secondary N) is 1. The van der Waals surface area contributed by atoms with Crippen LogP contribution in [0.1, 0.15) is 69.3 Å². The Kier molecular flexibility index (Phi) is 12.4. The number of nitrogens with zero attached hydrogens (tertiary/aromatic N) is 4. The minimum Gasteiger partial charge on any atom is -0.381 e. The average Bonchev–Trinajstić information content (AvgIpc) is 2.98. The van der Waals surface area contributed by atoms with Crippen LogP contribution in [0.3, 0.4) is 0 Å². The highest BCUT2D eigenvalue weighted by Gasteiger charge is 2.30. The van der Waals surface area contributed by atoms with E-state index in [1.807, 2.05) is 12.1 Å². The summed E-state index contributed by atoms with van der Waals surface area (Å²) in [5.41, 5.74) is 5.62. The van der Waals surface area contributed by atoms with Crippen LogP contribution in [0.25, 0.3) is 0 Å². The number of carbonyl (C=O) groups excluding carboxylic acids is 1. The van der Waals surface area contributed by atoms with E-state index in [4.69, 9.17) is 0 Å². The van der Waals surface area contributed by atoms with Gasteiger partial charge in [-0.1, -0.05) is 52.0 Å². The van der Waals surface area contributed by atoms with Gasteiger partial charge in [-0.15, -0.1) is 12.4 Å². The Bertz CT molecular complexity index is 995. The summed E-state index contributed by atoms with van der Waals surface area (Å²) in [5.74, 6) is 0. The van der Waals surface area contributed by atoms with Crippen LogP contribution in [0, 0.1) is 0 Å². The summed E-state index contributed by atoms with van der Waals surface area (Å²) in [7, 11) is 0. The summed E-state index contributed by atoms with van der Waals surface area (Å²) in [6.07, 6.45) is 5.87. The Balaban J connectivity index is 0.00000420. The van der Waals surface area contributed by atoms with E-state index in [2.05, 4.69) is 82.9 Å². The molecule has 0 aliphatic carbocycles. The lowest BCUT2D eigenvalue weighted by atomic mass is 10.0. The fourth-order valence-electron chi connectivity index (χ4n) is 6.54. The van der Waals surface area contributed by atoms with E-state index >= 15 is 0 Å². The second kappa shape index (κ2) is 15.5. The molecule has 0 spiro atoms. The van der Waals surface area contributed by atoms with Crippen molar-refractivity contribution < 1.29 is 4.79 Å². The second-order valence-electron chi connectivity index (χ2n) is 10.8. The van der Waals surface area contributed by atoms with Gasteiger partial charge in [0.05, 0.1) is 11.4 Å². The number of hydrogen-bond acceptors (Lipinski definition) is 6. The number of aldehydes is 1. The average molecular weight is 556 g/mol. The lowest BCUT2D eigenvalue weighted by Crippen LogP contribution is -2.52. The number of piperazine rings is 2. The number of halogens is 1. The molecule has 4 rings (SSSR count). The third-order valence-electron chi connectivity index (χ3n) is 8.83. The molecule has 0 bridgehead atoms. The molecule has 2 saturated heterocycles. The van der Waals surface area contributed by atoms with E-state index in [1.165, 1.54) is 36.9 Å². The summed E-state index contributed by atoms with van der Waals surface area (Å²) in [4.78, 5) is 22.8. The monoisotopic (exact) mass is 555 g/mol. The molecule has 2 aliphatic rings. The van der Waals surface area contributed by atoms with E-state index in [-0.39, 0.29) is 12.4 Å². The zero-order valence-corrected chi connectivity index (χ0v) is 25.4. The van der Waals surface area contributed by atoms with E-state index in [1.54, 1.807) is 0 Å². The van der Waals surface area contributed by atoms with Crippen LogP contribution in [0.2, 0.25) is 0 Å². The van der Waals surface area contributed by atoms with Crippen LogP contribution in [0.5, 0.6) is 0 Å². The fraction of sp³-hybridized carbons (Fsp3) is 0.594. The number of hydrogen-bond donors (Lipinski definition) is 1. The molecule has 216 valence electrons. The number of rotatable bonds is 12. The molecule has 0 amide bonds. The van der Waals surface area contributed by atoms with Crippen LogP contribution in [-0.4, -0.2) is 80.5 Å². The molecule has 0 atom stereocenters. The molecule has 39 heavy (non-hydrogen) atoms. The molecule has 2 aromatic carbocycles. The molecule has 2 aromatic rings. The van der Waals surface area contributed by atoms with Gasteiger partial charge in [0.15, 0.2) is 6.29 Å². The van der Waals surface area contributed by atoms with Gasteiger partial charge < -0.3 is 15.1 Å². The smallest absolute Gasteiger partial charge is 0.152 e. The van der Waals surface area contributed by atoms with Crippen molar-refractivity contribution in [1.82, 2.24) is 9.80 Å². The summed E-state index contributed by atoms with van der Waals surface area (Å²) in [6.45, 7) is 18.1. The van der Waals surface area contributed by atoms with Crippen molar-refractivity contribution in [3.63, 3.8) is 0 Å². The van der Waals surface area contributed by atoms with Crippen LogP contribution in [0.4, 0.5) is 17.1 Å². The van der Waals surface area contributed by atoms with Gasteiger partial charge in [0.25, 0.3) is 0 Å². The summed E-state index contributed by atoms with van der Waals surface area (Å²) >= 11 is 0. The van der Waals surface area contributed by atoms with Gasteiger partial charge in [0.1, 0.15) is 0 Å². The number of carbonyl (C=O) groups is 1. The van der Waals surface area contributed by atoms with Gasteiger partial charge in [-0.2, -0.15) is 0 Å². The maximum atomic E-state index is 12.4. The first-order valence-corrected chi connectivity index (χ1v) is 15.0. The van der Waals surface area contributed by atoms with E-state index in [0.717, 1.165) is 82.1 Å². The highest BCUT2D eigenvalue weighted by Crippen LogP contribution is 2.38. The predicted molar refractivity (Wildman–Crippen MR) is 169 cm³/mol. The summed E-state index contributed by atoms with van der Waals surface area (Å²) < 4.78 is 0. The van der Waals surface area contributed by atoms with Crippen molar-refractivity contribution in [1.29, 1.82) is 0 Å². The SMILES string of the molecule is CCC(CC)N1CCN(c2c(C=O)ccc(CNc3ccccc3)c2N2CCN(C(CC)CC)CC2)CC1.Cl. The Morgan fingerprint density at radius 1 is 0.692 bits per heavy atom. The third kappa shape index (κ3) is 7.47. The molecular weight excluding hydrogens is 506 g/mol. The standard InChI is InChI=1S/C32H49N5O.ClH/c1-5-29(6-2)34-16-20-36(21-17-34)31-26(24-33-28-12-10-9-11-13-28)14-15-27(25-38)32(31)37-22-18-35(19-23-37)30(7-3)8-4;/h9-15,25,29-30,33H,5-8,16-24H2,1-4H3;1H. The maximum absolute atomic E-state index is 12.4. The van der Waals surface area contributed by atoms with Crippen molar-refractivity contribution in [3.8, 4) is 0 Å². The van der Waals surface area contributed by atoms with Crippen molar-refractivity contribution in [2.24, 2.45) is 0 Å². The molecule has 0 saturated carbocycles. The highest BCUT2D eigenvalue weighted by atomic mass is 35.5. The van der Waals surface area contributed by atoms with Gasteiger partial charge in [0, 0.05) is 82.2 Å². The molecule has 2 fully saturated rings. The molecule has 2 heterocycles. The van der Waals surface area contributed by atoms with Crippen LogP contribution in [0.15, 0.2) is 42.5 Å². The highest BCUT2D eigenvalue weighted by molar-refractivity contribution is 5.93. The zero-order valence-electron chi connectivity index (χ0n) is 24.6. The minimum absolute atomic E-state index is 0. The summed E-state index contributed by atoms with van der Waals surface area (Å²) in [5, 5.41) is 3.64. The van der Waals surface area contributed by atoms with Gasteiger partial charge in [-0.05, 0) is 49.4 Å². The zero-order chi connectivity index (χ0) is 26.9. The first-order valence-electron chi connectivity index (χ1n) is 15.0. The minimum atomic E-state index is 0. The molecule has 7 heteroatoms. The van der Waals surface area contributed by atoms with Gasteiger partial charge in [-0.3, -0.25) is 14.6 Å². The first-order chi connectivity index (χ1) is 18.6. The van der Waals surface area contributed by atoms with Gasteiger partial charge >= 0.3 is 0 Å². The van der Waals surface area contributed by atoms with Crippen LogP contribution >= 0.6 is 12.4 Å². The molecule has 0 unspecified atom stereocenters. The number of benzene rings is 2. The van der Waals surface area contributed by atoms with Gasteiger partial charge in [-0.25, -0.2) is 0 Å². The number of para-hydroxylation sites is 1. The van der Waals surface area contributed by atoms with Crippen molar-refractivity contribution in [2.75, 3.05) is 67.5 Å². The Morgan fingerprint density at radius 2 is 1.18 bits per heavy atom. The Morgan fingerprint density at radius 3 is 1.64 bits per heavy atom. The maximum Gasteiger partial charge on any atom is 0.152 e. The van der Waals surface area contributed by atoms with Crippen LogP contribution < -0.4 is 15.1 Å². The fourth-order valence-corrected chi connectivity index (χ4v) is 6.54. The predicted octanol–water partition coefficient (Wildman–Crippen LogP) is 6.15. The second-order valence-corrected chi connectivity index (χ2v) is 10.8. The van der Waals surface area contributed by atoms with Crippen LogP contribution in [-0.2, 0) is 6.54 Å². The molecule has 2 aliphatic heterocycles. The quantitative estimate of drug-likeness (QED) is 0.317. The van der Waals surface area contributed by atoms with Crippen molar-refractivity contribution >= 4 is 35.8 Å². The largest absolute Gasteiger partial charge is 0.381 e. The Labute approximate surface area is 243 Å². The lowest BCUT2D eigenvalue weighted by molar-refractivity contribution is 0.112. The molecule has 0 radical (unpaired) electrons. The van der Waals surface area contributed by atoms with Gasteiger partial charge in [0.2, 0.25) is 0 Å². The summed E-state index contributed by atoms with van der Waals surface area (Å²) in [6, 6.07) is 16.0. The molecular formula is C32H50ClN5O. The molecule has 1 N–H and O–H groups in total. The topological polar surface area (TPSA) is 42.1 Å². The Hall–Kier alpha value is -2.28. The molecule has 6 nitrogen and oxygen atoms in total. The van der Waals surface area contributed by atoms with E-state index < -0.39 is 0 Å². The van der Waals surface area contributed by atoms with Crippen molar-refractivity contribution in [2.45, 2.75) is 72.0 Å².